The molecule has 1 saturated heterocycles. The van der Waals surface area contributed by atoms with Crippen LogP contribution in [0.5, 0.6) is 0 Å². The summed E-state index contributed by atoms with van der Waals surface area (Å²) < 4.78 is 1.74. The van der Waals surface area contributed by atoms with Gasteiger partial charge in [-0.3, -0.25) is 9.78 Å². The molecule has 0 unspecified atom stereocenters. The molecule has 4 rings (SSSR count). The Morgan fingerprint density at radius 2 is 2.04 bits per heavy atom. The second-order valence-corrected chi connectivity index (χ2v) is 6.20. The van der Waals surface area contributed by atoms with Crippen molar-refractivity contribution in [3.63, 3.8) is 0 Å². The van der Waals surface area contributed by atoms with E-state index in [1.807, 2.05) is 30.0 Å². The number of carbonyl (C=O) groups is 1. The minimum Gasteiger partial charge on any atom is -0.339 e. The van der Waals surface area contributed by atoms with Crippen LogP contribution in [-0.4, -0.2) is 43.6 Å². The Morgan fingerprint density at radius 3 is 2.79 bits per heavy atom. The summed E-state index contributed by atoms with van der Waals surface area (Å²) in [7, 11) is 0. The smallest absolute Gasteiger partial charge is 0.254 e. The van der Waals surface area contributed by atoms with Crippen LogP contribution in [0.3, 0.4) is 0 Å². The molecular weight excluding hydrogens is 304 g/mol. The van der Waals surface area contributed by atoms with Gasteiger partial charge in [-0.25, -0.2) is 4.68 Å². The number of anilines is 1. The maximum absolute atomic E-state index is 13.2. The number of hydrogen-bond donors (Lipinski definition) is 1. The van der Waals surface area contributed by atoms with E-state index in [4.69, 9.17) is 0 Å². The van der Waals surface area contributed by atoms with Gasteiger partial charge in [-0.15, -0.1) is 0 Å². The van der Waals surface area contributed by atoms with Crippen LogP contribution >= 0.6 is 0 Å². The van der Waals surface area contributed by atoms with Crippen LogP contribution in [0.15, 0.2) is 42.0 Å². The topological polar surface area (TPSA) is 75.9 Å². The Hall–Kier alpha value is -2.70. The van der Waals surface area contributed by atoms with E-state index in [0.29, 0.717) is 11.5 Å². The molecule has 1 amide bonds. The predicted octanol–water partition coefficient (Wildman–Crippen LogP) is 1.97. The summed E-state index contributed by atoms with van der Waals surface area (Å²) in [5.41, 5.74) is 2.32. The van der Waals surface area contributed by atoms with Gasteiger partial charge in [0.1, 0.15) is 12.4 Å². The summed E-state index contributed by atoms with van der Waals surface area (Å²) in [6.07, 6.45) is 6.56. The van der Waals surface area contributed by atoms with Gasteiger partial charge in [0, 0.05) is 25.0 Å². The average Bonchev–Trinajstić information content (AvgIpc) is 3.09. The molecule has 0 bridgehead atoms. The number of nitrogens with one attached hydrogen (secondary N) is 1. The van der Waals surface area contributed by atoms with Crippen LogP contribution in [0.2, 0.25) is 0 Å². The number of rotatable bonds is 2. The van der Waals surface area contributed by atoms with Gasteiger partial charge in [0.05, 0.1) is 11.3 Å². The van der Waals surface area contributed by atoms with Crippen LogP contribution in [-0.2, 0) is 4.79 Å². The zero-order chi connectivity index (χ0) is 16.5. The lowest BCUT2D eigenvalue weighted by atomic mass is 9.97. The fraction of sp³-hybridized carbons (Fsp3) is 0.412. The highest BCUT2D eigenvalue weighted by molar-refractivity contribution is 5.96. The first-order chi connectivity index (χ1) is 11.8. The number of likely N-dealkylation sites (tertiary alicyclic amines) is 1. The number of hydrogen-bond acceptors (Lipinski definition) is 5. The molecule has 0 aromatic carbocycles. The standard InChI is InChI=1S/C17H20N6O/c1-12-14(16(24)22-9-5-2-6-10-22)15(13-7-3-4-8-18-13)23-17(21-12)19-11-20-23/h3-4,7-8,11,15H,2,5-6,9-10H2,1H3,(H,19,20,21)/t15-/m0/s1. The fourth-order valence-corrected chi connectivity index (χ4v) is 3.45. The molecule has 24 heavy (non-hydrogen) atoms. The van der Waals surface area contributed by atoms with Gasteiger partial charge in [0.25, 0.3) is 5.91 Å². The minimum absolute atomic E-state index is 0.0662. The van der Waals surface area contributed by atoms with Crippen LogP contribution in [0, 0.1) is 0 Å². The molecule has 4 heterocycles. The second-order valence-electron chi connectivity index (χ2n) is 6.20. The van der Waals surface area contributed by atoms with Crippen molar-refractivity contribution >= 4 is 11.9 Å². The summed E-state index contributed by atoms with van der Waals surface area (Å²) in [5.74, 6) is 0.704. The normalized spacial score (nSPS) is 20.5. The third kappa shape index (κ3) is 2.46. The number of aromatic nitrogens is 4. The van der Waals surface area contributed by atoms with E-state index < -0.39 is 0 Å². The molecule has 124 valence electrons. The van der Waals surface area contributed by atoms with Crippen molar-refractivity contribution in [2.45, 2.75) is 32.2 Å². The van der Waals surface area contributed by atoms with Crippen LogP contribution in [0.1, 0.15) is 37.9 Å². The summed E-state index contributed by atoms with van der Waals surface area (Å²) in [6.45, 7) is 3.55. The van der Waals surface area contributed by atoms with Crippen molar-refractivity contribution in [3.8, 4) is 0 Å². The van der Waals surface area contributed by atoms with Gasteiger partial charge >= 0.3 is 0 Å². The third-order valence-electron chi connectivity index (χ3n) is 4.64. The first kappa shape index (κ1) is 14.9. The highest BCUT2D eigenvalue weighted by Gasteiger charge is 2.36. The molecule has 2 aromatic heterocycles. The SMILES string of the molecule is CC1=C(C(=O)N2CCCCC2)[C@H](c2ccccn2)n2ncnc2N1. The van der Waals surface area contributed by atoms with Crippen LogP contribution in [0.4, 0.5) is 5.95 Å². The summed E-state index contributed by atoms with van der Waals surface area (Å²) in [4.78, 5) is 23.9. The summed E-state index contributed by atoms with van der Waals surface area (Å²) >= 11 is 0. The van der Waals surface area contributed by atoms with Crippen molar-refractivity contribution < 1.29 is 4.79 Å². The molecular formula is C17H20N6O. The van der Waals surface area contributed by atoms with Gasteiger partial charge in [-0.05, 0) is 38.3 Å². The molecule has 1 N–H and O–H groups in total. The molecule has 1 fully saturated rings. The Labute approximate surface area is 140 Å². The molecule has 7 nitrogen and oxygen atoms in total. The number of allylic oxidation sites excluding steroid dienone is 1. The van der Waals surface area contributed by atoms with Gasteiger partial charge < -0.3 is 10.2 Å². The zero-order valence-electron chi connectivity index (χ0n) is 13.6. The number of carbonyl (C=O) groups excluding carboxylic acids is 1. The molecule has 7 heteroatoms. The molecule has 0 spiro atoms. The highest BCUT2D eigenvalue weighted by atomic mass is 16.2. The Morgan fingerprint density at radius 1 is 1.21 bits per heavy atom. The summed E-state index contributed by atoms with van der Waals surface area (Å²) in [6, 6.07) is 5.38. The quantitative estimate of drug-likeness (QED) is 0.914. The Kier molecular flexibility index (Phi) is 3.76. The molecule has 1 atom stereocenters. The molecule has 2 aliphatic rings. The van der Waals surface area contributed by atoms with Crippen molar-refractivity contribution in [3.05, 3.63) is 47.7 Å². The fourth-order valence-electron chi connectivity index (χ4n) is 3.45. The lowest BCUT2D eigenvalue weighted by Gasteiger charge is -2.33. The lowest BCUT2D eigenvalue weighted by molar-refractivity contribution is -0.128. The number of piperidine rings is 1. The summed E-state index contributed by atoms with van der Waals surface area (Å²) in [5, 5.41) is 7.53. The molecule has 0 radical (unpaired) electrons. The van der Waals surface area contributed by atoms with Crippen molar-refractivity contribution in [2.24, 2.45) is 0 Å². The second kappa shape index (κ2) is 6.07. The van der Waals surface area contributed by atoms with E-state index in [2.05, 4.69) is 20.4 Å². The number of nitrogens with zero attached hydrogens (tertiary/aromatic N) is 5. The third-order valence-corrected chi connectivity index (χ3v) is 4.64. The van der Waals surface area contributed by atoms with Gasteiger partial charge in [-0.2, -0.15) is 10.1 Å². The number of pyridine rings is 1. The number of amides is 1. The van der Waals surface area contributed by atoms with E-state index in [1.165, 1.54) is 12.7 Å². The lowest BCUT2D eigenvalue weighted by Crippen LogP contribution is -2.41. The highest BCUT2D eigenvalue weighted by Crippen LogP contribution is 2.34. The first-order valence-electron chi connectivity index (χ1n) is 8.33. The van der Waals surface area contributed by atoms with Crippen molar-refractivity contribution in [1.82, 2.24) is 24.6 Å². The largest absolute Gasteiger partial charge is 0.339 e. The van der Waals surface area contributed by atoms with E-state index in [-0.39, 0.29) is 11.9 Å². The minimum atomic E-state index is -0.348. The zero-order valence-corrected chi connectivity index (χ0v) is 13.6. The van der Waals surface area contributed by atoms with Crippen molar-refractivity contribution in [2.75, 3.05) is 18.4 Å². The maximum Gasteiger partial charge on any atom is 0.254 e. The predicted molar refractivity (Wildman–Crippen MR) is 89.2 cm³/mol. The molecule has 0 saturated carbocycles. The first-order valence-corrected chi connectivity index (χ1v) is 8.33. The van der Waals surface area contributed by atoms with Crippen LogP contribution < -0.4 is 5.32 Å². The van der Waals surface area contributed by atoms with Gasteiger partial charge in [0.15, 0.2) is 0 Å². The van der Waals surface area contributed by atoms with Crippen molar-refractivity contribution in [1.29, 1.82) is 0 Å². The average molecular weight is 324 g/mol. The Bertz CT molecular complexity index is 775. The van der Waals surface area contributed by atoms with E-state index >= 15 is 0 Å². The van der Waals surface area contributed by atoms with Crippen LogP contribution in [0.25, 0.3) is 0 Å². The molecule has 2 aliphatic heterocycles. The van der Waals surface area contributed by atoms with Gasteiger partial charge in [0.2, 0.25) is 5.95 Å². The molecule has 2 aromatic rings. The van der Waals surface area contributed by atoms with E-state index in [1.54, 1.807) is 10.9 Å². The number of fused-ring (bicyclic) bond motifs is 1. The van der Waals surface area contributed by atoms with E-state index in [9.17, 15) is 4.79 Å². The van der Waals surface area contributed by atoms with Gasteiger partial charge in [-0.1, -0.05) is 6.07 Å². The Balaban J connectivity index is 1.78. The monoisotopic (exact) mass is 324 g/mol. The molecule has 0 aliphatic carbocycles. The van der Waals surface area contributed by atoms with E-state index in [0.717, 1.165) is 37.3 Å². The maximum atomic E-state index is 13.2.